The highest BCUT2D eigenvalue weighted by Gasteiger charge is 2.11. The van der Waals surface area contributed by atoms with Crippen LogP contribution in [0, 0.1) is 13.8 Å². The van der Waals surface area contributed by atoms with E-state index in [4.69, 9.17) is 4.74 Å². The number of ether oxygens (including phenoxy) is 1. The summed E-state index contributed by atoms with van der Waals surface area (Å²) in [6.45, 7) is 4.84. The molecule has 0 fully saturated rings. The van der Waals surface area contributed by atoms with Gasteiger partial charge in [0.15, 0.2) is 0 Å². The Morgan fingerprint density at radius 1 is 1.04 bits per heavy atom. The monoisotopic (exact) mass is 390 g/mol. The maximum Gasteiger partial charge on any atom is 0.240 e. The smallest absolute Gasteiger partial charge is 0.240 e. The number of rotatable bonds is 9. The van der Waals surface area contributed by atoms with Crippen molar-refractivity contribution < 1.29 is 17.9 Å². The van der Waals surface area contributed by atoms with Crippen LogP contribution in [0.15, 0.2) is 47.4 Å². The average Bonchev–Trinajstić information content (AvgIpc) is 2.65. The second kappa shape index (κ2) is 9.53. The van der Waals surface area contributed by atoms with Crippen LogP contribution in [-0.2, 0) is 21.2 Å². The molecule has 0 saturated heterocycles. The zero-order valence-corrected chi connectivity index (χ0v) is 16.7. The zero-order valence-electron chi connectivity index (χ0n) is 15.9. The van der Waals surface area contributed by atoms with E-state index in [9.17, 15) is 13.2 Å². The molecule has 0 aliphatic heterocycles. The molecule has 0 unspecified atom stereocenters. The summed E-state index contributed by atoms with van der Waals surface area (Å²) < 4.78 is 31.4. The molecule has 0 aliphatic rings. The lowest BCUT2D eigenvalue weighted by Crippen LogP contribution is -2.28. The molecule has 27 heavy (non-hydrogen) atoms. The molecule has 0 aromatic heterocycles. The highest BCUT2D eigenvalue weighted by Crippen LogP contribution is 2.21. The Morgan fingerprint density at radius 2 is 1.67 bits per heavy atom. The number of carbonyl (C=O) groups is 1. The van der Waals surface area contributed by atoms with Crippen molar-refractivity contribution in [2.24, 2.45) is 0 Å². The molecule has 0 aliphatic carbocycles. The highest BCUT2D eigenvalue weighted by atomic mass is 32.2. The van der Waals surface area contributed by atoms with Crippen molar-refractivity contribution in [3.63, 3.8) is 0 Å². The summed E-state index contributed by atoms with van der Waals surface area (Å²) in [6.07, 6.45) is 0.880. The number of amides is 1. The van der Waals surface area contributed by atoms with Crippen LogP contribution in [0.2, 0.25) is 0 Å². The van der Waals surface area contributed by atoms with Crippen molar-refractivity contribution in [3.8, 4) is 5.75 Å². The zero-order chi connectivity index (χ0) is 19.9. The van der Waals surface area contributed by atoms with Crippen LogP contribution in [0.5, 0.6) is 5.75 Å². The van der Waals surface area contributed by atoms with E-state index in [2.05, 4.69) is 10.0 Å². The molecule has 6 nitrogen and oxygen atoms in total. The molecule has 0 bridgehead atoms. The molecule has 0 spiro atoms. The fourth-order valence-corrected chi connectivity index (χ4v) is 3.40. The van der Waals surface area contributed by atoms with Crippen LogP contribution in [-0.4, -0.2) is 34.5 Å². The van der Waals surface area contributed by atoms with Gasteiger partial charge in [0.1, 0.15) is 12.4 Å². The van der Waals surface area contributed by atoms with E-state index in [0.29, 0.717) is 26.0 Å². The van der Waals surface area contributed by atoms with E-state index in [0.717, 1.165) is 22.4 Å². The van der Waals surface area contributed by atoms with Gasteiger partial charge < -0.3 is 10.1 Å². The molecule has 2 N–H and O–H groups in total. The second-order valence-corrected chi connectivity index (χ2v) is 8.16. The van der Waals surface area contributed by atoms with E-state index < -0.39 is 10.0 Å². The van der Waals surface area contributed by atoms with Crippen LogP contribution in [0.3, 0.4) is 0 Å². The first-order chi connectivity index (χ1) is 12.8. The summed E-state index contributed by atoms with van der Waals surface area (Å²) in [6, 6.07) is 12.5. The van der Waals surface area contributed by atoms with Gasteiger partial charge in [-0.25, -0.2) is 13.1 Å². The lowest BCUT2D eigenvalue weighted by Gasteiger charge is -2.12. The number of para-hydroxylation sites is 1. The SMILES string of the molecule is CNS(=O)(=O)c1ccc(CCC(=O)NCCOc2c(C)cccc2C)cc1. The molecule has 0 radical (unpaired) electrons. The number of sulfonamides is 1. The van der Waals surface area contributed by atoms with Gasteiger partial charge in [-0.3, -0.25) is 4.79 Å². The molecular weight excluding hydrogens is 364 g/mol. The molecule has 0 atom stereocenters. The first-order valence-electron chi connectivity index (χ1n) is 8.81. The Hall–Kier alpha value is -2.38. The third-order valence-corrected chi connectivity index (χ3v) is 5.65. The summed E-state index contributed by atoms with van der Waals surface area (Å²) in [7, 11) is -2.06. The van der Waals surface area contributed by atoms with Crippen LogP contribution < -0.4 is 14.8 Å². The van der Waals surface area contributed by atoms with Crippen molar-refractivity contribution in [1.29, 1.82) is 0 Å². The van der Waals surface area contributed by atoms with Gasteiger partial charge in [-0.05, 0) is 56.1 Å². The molecule has 2 aromatic carbocycles. The Kier molecular flexibility index (Phi) is 7.38. The topological polar surface area (TPSA) is 84.5 Å². The molecule has 146 valence electrons. The minimum atomic E-state index is -3.43. The van der Waals surface area contributed by atoms with Crippen LogP contribution in [0.1, 0.15) is 23.1 Å². The molecule has 2 aromatic rings. The van der Waals surface area contributed by atoms with Crippen LogP contribution in [0.25, 0.3) is 0 Å². The Labute approximate surface area is 161 Å². The number of benzene rings is 2. The summed E-state index contributed by atoms with van der Waals surface area (Å²) in [5.74, 6) is 0.801. The minimum absolute atomic E-state index is 0.0629. The number of hydrogen-bond donors (Lipinski definition) is 2. The van der Waals surface area contributed by atoms with Gasteiger partial charge >= 0.3 is 0 Å². The normalized spacial score (nSPS) is 11.2. The first-order valence-corrected chi connectivity index (χ1v) is 10.3. The van der Waals surface area contributed by atoms with Gasteiger partial charge in [0.2, 0.25) is 15.9 Å². The van der Waals surface area contributed by atoms with E-state index in [1.807, 2.05) is 32.0 Å². The largest absolute Gasteiger partial charge is 0.491 e. The Bertz CT molecular complexity index is 857. The van der Waals surface area contributed by atoms with Crippen molar-refractivity contribution >= 4 is 15.9 Å². The predicted octanol–water partition coefficient (Wildman–Crippen LogP) is 2.34. The molecular formula is C20H26N2O4S. The highest BCUT2D eigenvalue weighted by molar-refractivity contribution is 7.89. The van der Waals surface area contributed by atoms with Gasteiger partial charge in [-0.1, -0.05) is 30.3 Å². The van der Waals surface area contributed by atoms with E-state index in [1.54, 1.807) is 12.1 Å². The van der Waals surface area contributed by atoms with Crippen molar-refractivity contribution in [3.05, 3.63) is 59.2 Å². The number of hydrogen-bond acceptors (Lipinski definition) is 4. The summed E-state index contributed by atoms with van der Waals surface area (Å²) in [4.78, 5) is 12.2. The van der Waals surface area contributed by atoms with E-state index in [1.165, 1.54) is 19.2 Å². The molecule has 0 heterocycles. The number of aryl methyl sites for hydroxylation is 3. The maximum absolute atomic E-state index is 12.0. The van der Waals surface area contributed by atoms with Gasteiger partial charge in [0.05, 0.1) is 11.4 Å². The lowest BCUT2D eigenvalue weighted by atomic mass is 10.1. The summed E-state index contributed by atoms with van der Waals surface area (Å²) in [5.41, 5.74) is 3.06. The number of nitrogens with one attached hydrogen (secondary N) is 2. The van der Waals surface area contributed by atoms with E-state index >= 15 is 0 Å². The Morgan fingerprint density at radius 3 is 2.26 bits per heavy atom. The fraction of sp³-hybridized carbons (Fsp3) is 0.350. The van der Waals surface area contributed by atoms with Gasteiger partial charge in [0.25, 0.3) is 0 Å². The van der Waals surface area contributed by atoms with Crippen molar-refractivity contribution in [2.75, 3.05) is 20.2 Å². The third-order valence-electron chi connectivity index (χ3n) is 4.22. The van der Waals surface area contributed by atoms with Crippen molar-refractivity contribution in [2.45, 2.75) is 31.6 Å². The average molecular weight is 391 g/mol. The summed E-state index contributed by atoms with van der Waals surface area (Å²) >= 11 is 0. The molecule has 0 saturated carbocycles. The quantitative estimate of drug-likeness (QED) is 0.644. The number of carbonyl (C=O) groups excluding carboxylic acids is 1. The van der Waals surface area contributed by atoms with Crippen LogP contribution >= 0.6 is 0 Å². The fourth-order valence-electron chi connectivity index (χ4n) is 2.67. The molecule has 2 rings (SSSR count). The van der Waals surface area contributed by atoms with Gasteiger partial charge in [-0.2, -0.15) is 0 Å². The standard InChI is InChI=1S/C20H26N2O4S/c1-15-5-4-6-16(2)20(15)26-14-13-22-19(23)12-9-17-7-10-18(11-8-17)27(24,25)21-3/h4-8,10-11,21H,9,12-14H2,1-3H3,(H,22,23). The minimum Gasteiger partial charge on any atom is -0.491 e. The van der Waals surface area contributed by atoms with E-state index in [-0.39, 0.29) is 10.8 Å². The molecule has 1 amide bonds. The molecule has 7 heteroatoms. The summed E-state index contributed by atoms with van der Waals surface area (Å²) in [5, 5.41) is 2.84. The third kappa shape index (κ3) is 6.08. The lowest BCUT2D eigenvalue weighted by molar-refractivity contribution is -0.121. The predicted molar refractivity (Wildman–Crippen MR) is 105 cm³/mol. The second-order valence-electron chi connectivity index (χ2n) is 6.27. The van der Waals surface area contributed by atoms with Gasteiger partial charge in [-0.15, -0.1) is 0 Å². The first kappa shape index (κ1) is 20.9. The van der Waals surface area contributed by atoms with Crippen LogP contribution in [0.4, 0.5) is 0 Å². The van der Waals surface area contributed by atoms with Gasteiger partial charge in [0, 0.05) is 6.42 Å². The van der Waals surface area contributed by atoms with Crippen molar-refractivity contribution in [1.82, 2.24) is 10.0 Å². The maximum atomic E-state index is 12.0. The Balaban J connectivity index is 1.73.